The van der Waals surface area contributed by atoms with Crippen LogP contribution in [-0.4, -0.2) is 107 Å². The lowest BCUT2D eigenvalue weighted by Gasteiger charge is -2.30. The number of carbonyl (C=O) groups excluding carboxylic acids is 5. The molecule has 0 radical (unpaired) electrons. The molecule has 18 heteroatoms. The molecular formula is C37H57FN6O10S. The summed E-state index contributed by atoms with van der Waals surface area (Å²) in [7, 11) is -3.57. The molecule has 0 bridgehead atoms. The Morgan fingerprint density at radius 1 is 1.15 bits per heavy atom. The van der Waals surface area contributed by atoms with Gasteiger partial charge in [0.15, 0.2) is 0 Å². The van der Waals surface area contributed by atoms with E-state index in [1.165, 1.54) is 20.8 Å². The smallest absolute Gasteiger partial charge is 0.408 e. The number of amides is 6. The molecule has 308 valence electrons. The second-order valence-electron chi connectivity index (χ2n) is 15.1. The molecule has 5 N–H and O–H groups in total. The number of primary amides is 1. The molecular weight excluding hydrogens is 740 g/mol. The van der Waals surface area contributed by atoms with Crippen molar-refractivity contribution in [3.63, 3.8) is 0 Å². The molecule has 3 fully saturated rings. The van der Waals surface area contributed by atoms with Gasteiger partial charge in [0.25, 0.3) is 0 Å². The molecule has 2 saturated carbocycles. The Morgan fingerprint density at radius 3 is 2.45 bits per heavy atom. The number of nitrogens with zero attached hydrogens (tertiary/aromatic N) is 3. The van der Waals surface area contributed by atoms with Crippen LogP contribution in [0.25, 0.3) is 0 Å². The first-order valence-corrected chi connectivity index (χ1v) is 19.8. The summed E-state index contributed by atoms with van der Waals surface area (Å²) in [4.78, 5) is 77.3. The number of rotatable bonds is 14. The Hall–Kier alpha value is -5.00. The quantitative estimate of drug-likeness (QED) is 0.158. The Bertz CT molecular complexity index is 1810. The van der Waals surface area contributed by atoms with E-state index in [-0.39, 0.29) is 53.9 Å². The average molecular weight is 797 g/mol. The van der Waals surface area contributed by atoms with E-state index in [4.69, 9.17) is 15.6 Å². The van der Waals surface area contributed by atoms with E-state index in [2.05, 4.69) is 16.6 Å². The number of ether oxygens (including phenoxy) is 1. The van der Waals surface area contributed by atoms with Crippen molar-refractivity contribution in [1.29, 1.82) is 0 Å². The molecule has 6 amide bonds. The van der Waals surface area contributed by atoms with Gasteiger partial charge in [-0.2, -0.15) is 0 Å². The van der Waals surface area contributed by atoms with Crippen molar-refractivity contribution >= 4 is 45.8 Å². The van der Waals surface area contributed by atoms with Gasteiger partial charge in [0.1, 0.15) is 23.5 Å². The molecule has 1 aromatic carbocycles. The Morgan fingerprint density at radius 2 is 1.85 bits per heavy atom. The number of fused-ring (bicyclic) bond motifs is 1. The molecule has 2 aliphatic carbocycles. The van der Waals surface area contributed by atoms with Gasteiger partial charge in [-0.05, 0) is 89.3 Å². The van der Waals surface area contributed by atoms with Crippen molar-refractivity contribution in [3.8, 4) is 0 Å². The summed E-state index contributed by atoms with van der Waals surface area (Å²) >= 11 is 0. The third kappa shape index (κ3) is 12.2. The number of likely N-dealkylation sites (tertiary alicyclic amines) is 1. The minimum Gasteiger partial charge on any atom is -0.465 e. The number of alkyl carbamates (subject to hydrolysis) is 1. The van der Waals surface area contributed by atoms with E-state index in [1.54, 1.807) is 32.9 Å². The van der Waals surface area contributed by atoms with E-state index in [0.717, 1.165) is 11.6 Å². The maximum absolute atomic E-state index is 13.4. The van der Waals surface area contributed by atoms with Gasteiger partial charge < -0.3 is 30.7 Å². The minimum absolute atomic E-state index is 0. The zero-order chi connectivity index (χ0) is 40.7. The van der Waals surface area contributed by atoms with Crippen molar-refractivity contribution in [1.82, 2.24) is 24.7 Å². The molecule has 0 spiro atoms. The van der Waals surface area contributed by atoms with Crippen LogP contribution in [0.2, 0.25) is 0 Å². The molecule has 4 atom stereocenters. The zero-order valence-corrected chi connectivity index (χ0v) is 32.2. The van der Waals surface area contributed by atoms with Crippen LogP contribution in [0.1, 0.15) is 81.1 Å². The van der Waals surface area contributed by atoms with E-state index in [9.17, 15) is 41.6 Å². The highest BCUT2D eigenvalue weighted by Gasteiger charge is 2.45. The van der Waals surface area contributed by atoms with Crippen molar-refractivity contribution in [3.05, 3.63) is 60.0 Å². The van der Waals surface area contributed by atoms with E-state index < -0.39 is 62.9 Å². The van der Waals surface area contributed by atoms with Crippen LogP contribution >= 0.6 is 0 Å². The van der Waals surface area contributed by atoms with Crippen LogP contribution in [0.5, 0.6) is 0 Å². The second kappa shape index (κ2) is 18.1. The van der Waals surface area contributed by atoms with Crippen LogP contribution in [-0.2, 0) is 47.0 Å². The summed E-state index contributed by atoms with van der Waals surface area (Å²) in [6, 6.07) is 2.87. The fourth-order valence-electron chi connectivity index (χ4n) is 6.40. The van der Waals surface area contributed by atoms with Crippen molar-refractivity contribution in [2.45, 2.75) is 102 Å². The molecule has 4 aliphatic rings. The summed E-state index contributed by atoms with van der Waals surface area (Å²) in [6.45, 7) is 9.79. The van der Waals surface area contributed by atoms with E-state index in [0.29, 0.717) is 57.2 Å². The van der Waals surface area contributed by atoms with E-state index in [1.807, 2.05) is 12.2 Å². The summed E-state index contributed by atoms with van der Waals surface area (Å²) in [6.07, 6.45) is 6.29. The van der Waals surface area contributed by atoms with Gasteiger partial charge in [-0.25, -0.2) is 22.4 Å². The van der Waals surface area contributed by atoms with Gasteiger partial charge in [-0.15, -0.1) is 0 Å². The lowest BCUT2D eigenvalue weighted by Crippen LogP contribution is -2.54. The SMILES string of the molecule is C=CC(=O)N(CC/C=C\[C@@H]1C[C@@H]1C(=O)NS(=O)(=O)C1CC1)CC[C@H](NC(=O)OC(C)(C)C)C(=O)N1CCCC1C(N)=O.O=C(O)N1Cc2cccc(F)c2C1.[HH].[HH].[HH]. The van der Waals surface area contributed by atoms with Crippen molar-refractivity contribution in [2.24, 2.45) is 17.6 Å². The first kappa shape index (κ1) is 42.7. The Labute approximate surface area is 324 Å². The Balaban J connectivity index is 0.000000888. The van der Waals surface area contributed by atoms with Crippen LogP contribution in [0, 0.1) is 17.7 Å². The van der Waals surface area contributed by atoms with Crippen LogP contribution in [0.3, 0.4) is 0 Å². The molecule has 2 heterocycles. The summed E-state index contributed by atoms with van der Waals surface area (Å²) in [5.41, 5.74) is 5.96. The highest BCUT2D eigenvalue weighted by atomic mass is 32.2. The molecule has 1 unspecified atom stereocenters. The first-order chi connectivity index (χ1) is 25.8. The number of hydrogen-bond donors (Lipinski definition) is 4. The van der Waals surface area contributed by atoms with Gasteiger partial charge >= 0.3 is 12.2 Å². The van der Waals surface area contributed by atoms with Gasteiger partial charge in [0, 0.05) is 41.9 Å². The fraction of sp³-hybridized carbons (Fsp3) is 0.568. The second-order valence-corrected chi connectivity index (χ2v) is 17.0. The lowest BCUT2D eigenvalue weighted by atomic mass is 10.1. The number of nitrogens with one attached hydrogen (secondary N) is 2. The van der Waals surface area contributed by atoms with Gasteiger partial charge in [0.05, 0.1) is 11.8 Å². The maximum atomic E-state index is 13.4. The molecule has 1 saturated heterocycles. The van der Waals surface area contributed by atoms with Gasteiger partial charge in [-0.3, -0.25) is 28.8 Å². The predicted octanol–water partition coefficient (Wildman–Crippen LogP) is 3.51. The van der Waals surface area contributed by atoms with Gasteiger partial charge in [-0.1, -0.05) is 30.9 Å². The maximum Gasteiger partial charge on any atom is 0.408 e. The minimum atomic E-state index is -3.57. The fourth-order valence-corrected chi connectivity index (χ4v) is 7.76. The summed E-state index contributed by atoms with van der Waals surface area (Å²) in [5, 5.41) is 10.8. The first-order valence-electron chi connectivity index (χ1n) is 18.3. The Kier molecular flexibility index (Phi) is 14.1. The summed E-state index contributed by atoms with van der Waals surface area (Å²) in [5.74, 6) is -2.72. The van der Waals surface area contributed by atoms with Crippen LogP contribution in [0.4, 0.5) is 14.0 Å². The molecule has 0 aromatic heterocycles. The van der Waals surface area contributed by atoms with Crippen molar-refractivity contribution < 1.29 is 55.7 Å². The third-order valence-corrected chi connectivity index (χ3v) is 11.4. The number of sulfonamides is 1. The number of nitrogens with two attached hydrogens (primary N) is 1. The molecule has 55 heavy (non-hydrogen) atoms. The number of carbonyl (C=O) groups is 6. The van der Waals surface area contributed by atoms with E-state index >= 15 is 0 Å². The number of hydrogen-bond acceptors (Lipinski definition) is 9. The topological polar surface area (TPSA) is 226 Å². The number of carboxylic acid groups (broad SMARTS) is 1. The molecule has 1 aromatic rings. The predicted molar refractivity (Wildman–Crippen MR) is 204 cm³/mol. The normalized spacial score (nSPS) is 20.8. The average Bonchev–Trinajstić information content (AvgIpc) is 4.01. The molecule has 16 nitrogen and oxygen atoms in total. The summed E-state index contributed by atoms with van der Waals surface area (Å²) < 4.78 is 44.6. The highest BCUT2D eigenvalue weighted by Crippen LogP contribution is 2.40. The standard InChI is InChI=1S/C28H43N5O8S.C9H8FNO2.3H2/c1-5-23(34)32(14-7-6-9-18-17-20(18)25(36)31-42(39,40)19-11-12-19)16-13-21(30-27(38)41-28(2,3)4)26(37)33-15-8-10-22(33)24(29)35;10-8-3-1-2-6-4-11(9(12)13)5-7(6)8;;;/h5-6,9,18-22H,1,7-8,10-17H2,2-4H3,(H2,29,35)(H,30,38)(H,31,36);1-3H,4-5H2,(H,12,13);3*1H/b9-6-;;;;/t18-,20+,21+,22?;;;;/m1..../s1. The third-order valence-electron chi connectivity index (χ3n) is 9.56. The van der Waals surface area contributed by atoms with Crippen LogP contribution in [0.15, 0.2) is 43.0 Å². The molecule has 5 rings (SSSR count). The molecule has 2 aliphatic heterocycles. The highest BCUT2D eigenvalue weighted by molar-refractivity contribution is 7.90. The van der Waals surface area contributed by atoms with Crippen molar-refractivity contribution in [2.75, 3.05) is 19.6 Å². The zero-order valence-electron chi connectivity index (χ0n) is 31.4. The number of halogens is 1. The monoisotopic (exact) mass is 796 g/mol. The lowest BCUT2D eigenvalue weighted by molar-refractivity contribution is -0.139. The number of benzene rings is 1. The largest absolute Gasteiger partial charge is 0.465 e. The van der Waals surface area contributed by atoms with Gasteiger partial charge in [0.2, 0.25) is 33.7 Å². The van der Waals surface area contributed by atoms with Crippen LogP contribution < -0.4 is 15.8 Å². The number of allylic oxidation sites excluding steroid dienone is 1.